The zero-order valence-electron chi connectivity index (χ0n) is 11.2. The molecule has 0 atom stereocenters. The van der Waals surface area contributed by atoms with E-state index in [2.05, 4.69) is 11.7 Å². The number of carboxylic acids is 1. The number of hydrogen-bond donors (Lipinski definition) is 1. The van der Waals surface area contributed by atoms with Crippen molar-refractivity contribution in [3.8, 4) is 17.0 Å². The van der Waals surface area contributed by atoms with Gasteiger partial charge in [0.25, 0.3) is 0 Å². The molecule has 0 saturated carbocycles. The van der Waals surface area contributed by atoms with E-state index in [-0.39, 0.29) is 5.69 Å². The quantitative estimate of drug-likeness (QED) is 0.821. The van der Waals surface area contributed by atoms with Gasteiger partial charge in [0.2, 0.25) is 0 Å². The molecule has 0 unspecified atom stereocenters. The van der Waals surface area contributed by atoms with Gasteiger partial charge >= 0.3 is 5.97 Å². The van der Waals surface area contributed by atoms with E-state index < -0.39 is 5.97 Å². The van der Waals surface area contributed by atoms with Crippen molar-refractivity contribution >= 4 is 5.97 Å². The molecule has 1 aromatic carbocycles. The minimum atomic E-state index is -1.00. The number of hydrogen-bond acceptors (Lipinski definition) is 3. The number of carboxylic acid groups (broad SMARTS) is 1. The molecule has 2 aromatic rings. The Kier molecular flexibility index (Phi) is 4.20. The van der Waals surface area contributed by atoms with Crippen LogP contribution in [0.4, 0.5) is 0 Å². The molecule has 0 aliphatic rings. The second kappa shape index (κ2) is 6.06. The fourth-order valence-corrected chi connectivity index (χ4v) is 1.88. The van der Waals surface area contributed by atoms with Crippen molar-refractivity contribution in [2.75, 3.05) is 6.61 Å². The fraction of sp³-hybridized carbons (Fsp3) is 0.200. The first-order chi connectivity index (χ1) is 9.65. The summed E-state index contributed by atoms with van der Waals surface area (Å²) < 4.78 is 6.79. The zero-order chi connectivity index (χ0) is 14.5. The Balaban J connectivity index is 2.34. The van der Waals surface area contributed by atoms with E-state index in [1.54, 1.807) is 12.1 Å². The Morgan fingerprint density at radius 2 is 2.15 bits per heavy atom. The third kappa shape index (κ3) is 2.88. The van der Waals surface area contributed by atoms with Crippen LogP contribution in [0.3, 0.4) is 0 Å². The van der Waals surface area contributed by atoms with Crippen molar-refractivity contribution in [2.24, 2.45) is 0 Å². The standard InChI is InChI=1S/C15H16N2O3/c1-3-9-17-14(15(18)19)10-13(16-17)11-5-7-12(8-6-11)20-4-2/h3,5-8,10H,1,4,9H2,2H3,(H,18,19). The number of rotatable bonds is 6. The summed E-state index contributed by atoms with van der Waals surface area (Å²) in [6.45, 7) is 6.49. The van der Waals surface area contributed by atoms with Gasteiger partial charge in [0.1, 0.15) is 11.4 Å². The van der Waals surface area contributed by atoms with Gasteiger partial charge < -0.3 is 9.84 Å². The lowest BCUT2D eigenvalue weighted by molar-refractivity contribution is 0.0684. The van der Waals surface area contributed by atoms with E-state index in [9.17, 15) is 4.79 Å². The highest BCUT2D eigenvalue weighted by atomic mass is 16.5. The summed E-state index contributed by atoms with van der Waals surface area (Å²) in [6.07, 6.45) is 1.61. The van der Waals surface area contributed by atoms with Crippen molar-refractivity contribution in [3.63, 3.8) is 0 Å². The molecule has 0 aliphatic carbocycles. The van der Waals surface area contributed by atoms with Crippen molar-refractivity contribution in [3.05, 3.63) is 48.7 Å². The maximum Gasteiger partial charge on any atom is 0.354 e. The maximum atomic E-state index is 11.2. The Bertz CT molecular complexity index is 615. The largest absolute Gasteiger partial charge is 0.494 e. The number of ether oxygens (including phenoxy) is 1. The number of aromatic nitrogens is 2. The molecule has 0 bridgehead atoms. The summed E-state index contributed by atoms with van der Waals surface area (Å²) in [5, 5.41) is 13.4. The van der Waals surface area contributed by atoms with Gasteiger partial charge in [0.05, 0.1) is 18.8 Å². The summed E-state index contributed by atoms with van der Waals surface area (Å²) >= 11 is 0. The lowest BCUT2D eigenvalue weighted by Crippen LogP contribution is -2.08. The van der Waals surface area contributed by atoms with E-state index >= 15 is 0 Å². The van der Waals surface area contributed by atoms with E-state index in [4.69, 9.17) is 9.84 Å². The normalized spacial score (nSPS) is 10.2. The summed E-state index contributed by atoms with van der Waals surface area (Å²) in [5.74, 6) is -0.225. The molecule has 0 saturated heterocycles. The molecule has 2 rings (SSSR count). The molecule has 0 radical (unpaired) electrons. The third-order valence-corrected chi connectivity index (χ3v) is 2.76. The number of aromatic carboxylic acids is 1. The molecule has 5 nitrogen and oxygen atoms in total. The van der Waals surface area contributed by atoms with Crippen molar-refractivity contribution in [2.45, 2.75) is 13.5 Å². The molecule has 1 aromatic heterocycles. The molecule has 0 aliphatic heterocycles. The first kappa shape index (κ1) is 13.9. The highest BCUT2D eigenvalue weighted by Gasteiger charge is 2.14. The van der Waals surface area contributed by atoms with Gasteiger partial charge in [-0.2, -0.15) is 5.10 Å². The molecule has 1 heterocycles. The minimum absolute atomic E-state index is 0.147. The molecular formula is C15H16N2O3. The Morgan fingerprint density at radius 1 is 1.45 bits per heavy atom. The Labute approximate surface area is 117 Å². The van der Waals surface area contributed by atoms with Gasteiger partial charge in [-0.1, -0.05) is 6.08 Å². The van der Waals surface area contributed by atoms with Crippen LogP contribution in [0.25, 0.3) is 11.3 Å². The summed E-state index contributed by atoms with van der Waals surface area (Å²) in [6, 6.07) is 8.95. The molecular weight excluding hydrogens is 256 g/mol. The third-order valence-electron chi connectivity index (χ3n) is 2.76. The molecule has 20 heavy (non-hydrogen) atoms. The summed E-state index contributed by atoms with van der Waals surface area (Å²) in [4.78, 5) is 11.2. The summed E-state index contributed by atoms with van der Waals surface area (Å²) in [7, 11) is 0. The van der Waals surface area contributed by atoms with Crippen LogP contribution in [0.5, 0.6) is 5.75 Å². The van der Waals surface area contributed by atoms with Crippen LogP contribution in [0.1, 0.15) is 17.4 Å². The molecule has 5 heteroatoms. The fourth-order valence-electron chi connectivity index (χ4n) is 1.88. The molecule has 0 fully saturated rings. The number of nitrogens with zero attached hydrogens (tertiary/aromatic N) is 2. The second-order valence-electron chi connectivity index (χ2n) is 4.15. The van der Waals surface area contributed by atoms with Gasteiger partial charge in [-0.25, -0.2) is 4.79 Å². The van der Waals surface area contributed by atoms with Crippen LogP contribution in [-0.4, -0.2) is 27.5 Å². The van der Waals surface area contributed by atoms with Crippen LogP contribution in [0, 0.1) is 0 Å². The van der Waals surface area contributed by atoms with Gasteiger partial charge in [0.15, 0.2) is 0 Å². The van der Waals surface area contributed by atoms with E-state index in [0.717, 1.165) is 11.3 Å². The molecule has 104 valence electrons. The zero-order valence-corrected chi connectivity index (χ0v) is 11.2. The van der Waals surface area contributed by atoms with Crippen molar-refractivity contribution in [1.82, 2.24) is 9.78 Å². The first-order valence-electron chi connectivity index (χ1n) is 6.31. The molecule has 0 spiro atoms. The predicted octanol–water partition coefficient (Wildman–Crippen LogP) is 2.83. The second-order valence-corrected chi connectivity index (χ2v) is 4.15. The maximum absolute atomic E-state index is 11.2. The van der Waals surface area contributed by atoms with Crippen LogP contribution in [0.15, 0.2) is 43.0 Å². The molecule has 0 amide bonds. The Hall–Kier alpha value is -2.56. The van der Waals surface area contributed by atoms with Crippen LogP contribution in [-0.2, 0) is 6.54 Å². The van der Waals surface area contributed by atoms with Crippen LogP contribution < -0.4 is 4.74 Å². The van der Waals surface area contributed by atoms with Crippen molar-refractivity contribution < 1.29 is 14.6 Å². The number of benzene rings is 1. The van der Waals surface area contributed by atoms with Gasteiger partial charge in [-0.3, -0.25) is 4.68 Å². The van der Waals surface area contributed by atoms with E-state index in [1.165, 1.54) is 4.68 Å². The van der Waals surface area contributed by atoms with Gasteiger partial charge in [-0.15, -0.1) is 6.58 Å². The number of allylic oxidation sites excluding steroid dienone is 1. The topological polar surface area (TPSA) is 64.4 Å². The summed E-state index contributed by atoms with van der Waals surface area (Å²) in [5.41, 5.74) is 1.61. The predicted molar refractivity (Wildman–Crippen MR) is 76.0 cm³/mol. The molecule has 1 N–H and O–H groups in total. The Morgan fingerprint density at radius 3 is 2.70 bits per heavy atom. The first-order valence-corrected chi connectivity index (χ1v) is 6.31. The van der Waals surface area contributed by atoms with E-state index in [0.29, 0.717) is 18.8 Å². The minimum Gasteiger partial charge on any atom is -0.494 e. The van der Waals surface area contributed by atoms with Crippen molar-refractivity contribution in [1.29, 1.82) is 0 Å². The van der Waals surface area contributed by atoms with Crippen LogP contribution in [0.2, 0.25) is 0 Å². The number of carbonyl (C=O) groups is 1. The van der Waals surface area contributed by atoms with Gasteiger partial charge in [-0.05, 0) is 37.3 Å². The monoisotopic (exact) mass is 272 g/mol. The lowest BCUT2D eigenvalue weighted by atomic mass is 10.1. The highest BCUT2D eigenvalue weighted by Crippen LogP contribution is 2.22. The smallest absolute Gasteiger partial charge is 0.354 e. The van der Waals surface area contributed by atoms with Gasteiger partial charge in [0, 0.05) is 5.56 Å². The highest BCUT2D eigenvalue weighted by molar-refractivity contribution is 5.87. The SMILES string of the molecule is C=CCn1nc(-c2ccc(OCC)cc2)cc1C(=O)O. The van der Waals surface area contributed by atoms with E-state index in [1.807, 2.05) is 31.2 Å². The average Bonchev–Trinajstić information content (AvgIpc) is 2.85. The average molecular weight is 272 g/mol. The van der Waals surface area contributed by atoms with Crippen LogP contribution >= 0.6 is 0 Å². The lowest BCUT2D eigenvalue weighted by Gasteiger charge is -2.03.